The third kappa shape index (κ3) is 4.15. The summed E-state index contributed by atoms with van der Waals surface area (Å²) in [6, 6.07) is 7.73. The number of hydrogen-bond donors (Lipinski definition) is 0. The summed E-state index contributed by atoms with van der Waals surface area (Å²) in [5, 5.41) is 0. The fraction of sp³-hybridized carbons (Fsp3) is 0.308. The summed E-state index contributed by atoms with van der Waals surface area (Å²) in [5.74, 6) is -7.14. The van der Waals surface area contributed by atoms with Crippen molar-refractivity contribution in [3.63, 3.8) is 0 Å². The molecule has 0 heterocycles. The molecule has 1 aromatic carbocycles. The van der Waals surface area contributed by atoms with E-state index < -0.39 is 36.6 Å². The number of para-hydroxylation sites is 1. The van der Waals surface area contributed by atoms with Crippen LogP contribution in [0.4, 0.5) is 26.3 Å². The van der Waals surface area contributed by atoms with Crippen LogP contribution in [-0.4, -0.2) is 31.0 Å². The van der Waals surface area contributed by atoms with Gasteiger partial charge in [-0.05, 0) is 12.1 Å². The van der Waals surface area contributed by atoms with Gasteiger partial charge < -0.3 is 9.47 Å². The maximum Gasteiger partial charge on any atom is 0.466 e. The molecule has 0 radical (unpaired) electrons. The van der Waals surface area contributed by atoms with Crippen LogP contribution in [-0.2, 0) is 9.53 Å². The molecule has 1 atom stereocenters. The number of halogens is 6. The molecule has 1 rings (SSSR count). The summed E-state index contributed by atoms with van der Waals surface area (Å²) < 4.78 is 82.6. The molecule has 0 N–H and O–H groups in total. The minimum Gasteiger partial charge on any atom is -0.489 e. The van der Waals surface area contributed by atoms with Crippen LogP contribution >= 0.6 is 0 Å². The quantitative estimate of drug-likeness (QED) is 0.454. The van der Waals surface area contributed by atoms with E-state index in [9.17, 15) is 31.1 Å². The van der Waals surface area contributed by atoms with E-state index in [0.29, 0.717) is 0 Å². The van der Waals surface area contributed by atoms with E-state index in [4.69, 9.17) is 4.74 Å². The molecule has 22 heavy (non-hydrogen) atoms. The Labute approximate surface area is 121 Å². The zero-order valence-electron chi connectivity index (χ0n) is 10.9. The Kier molecular flexibility index (Phi) is 5.45. The number of alkyl halides is 6. The molecule has 0 bridgehead atoms. The molecule has 0 amide bonds. The van der Waals surface area contributed by atoms with Crippen molar-refractivity contribution in [3.05, 3.63) is 42.5 Å². The van der Waals surface area contributed by atoms with Crippen LogP contribution in [0.3, 0.4) is 0 Å². The first-order chi connectivity index (χ1) is 10.1. The lowest BCUT2D eigenvalue weighted by atomic mass is 10.3. The molecule has 0 aliphatic carbocycles. The Bertz CT molecular complexity index is 528. The molecule has 0 aliphatic rings. The standard InChI is InChI=1S/C13H10F6O3/c1-8(7-21-9-5-3-2-4-6-9)10(20)22-12(16,11(14)15)13(17,18)19/h2-6,11H,1,7H2. The van der Waals surface area contributed by atoms with Gasteiger partial charge in [0.2, 0.25) is 0 Å². The number of carbonyl (C=O) groups is 1. The summed E-state index contributed by atoms with van der Waals surface area (Å²) in [5.41, 5.74) is -0.754. The van der Waals surface area contributed by atoms with Gasteiger partial charge in [-0.1, -0.05) is 24.8 Å². The first kappa shape index (κ1) is 17.9. The van der Waals surface area contributed by atoms with Crippen LogP contribution in [0.15, 0.2) is 42.5 Å². The highest BCUT2D eigenvalue weighted by molar-refractivity contribution is 5.88. The summed E-state index contributed by atoms with van der Waals surface area (Å²) in [6.45, 7) is 2.36. The fourth-order valence-electron chi connectivity index (χ4n) is 1.18. The monoisotopic (exact) mass is 328 g/mol. The van der Waals surface area contributed by atoms with E-state index in [1.165, 1.54) is 12.1 Å². The van der Waals surface area contributed by atoms with E-state index >= 15 is 0 Å². The molecule has 0 aromatic heterocycles. The fourth-order valence-corrected chi connectivity index (χ4v) is 1.18. The van der Waals surface area contributed by atoms with E-state index in [2.05, 4.69) is 11.3 Å². The van der Waals surface area contributed by atoms with Crippen LogP contribution in [0.5, 0.6) is 5.75 Å². The molecule has 0 saturated carbocycles. The van der Waals surface area contributed by atoms with Crippen LogP contribution < -0.4 is 4.74 Å². The molecule has 0 aliphatic heterocycles. The van der Waals surface area contributed by atoms with Crippen molar-refractivity contribution in [2.24, 2.45) is 0 Å². The SMILES string of the molecule is C=C(COc1ccccc1)C(=O)OC(F)(C(F)F)C(F)(F)F. The second-order valence-electron chi connectivity index (χ2n) is 4.04. The molecule has 1 unspecified atom stereocenters. The minimum absolute atomic E-state index is 0.243. The zero-order valence-corrected chi connectivity index (χ0v) is 10.9. The first-order valence-corrected chi connectivity index (χ1v) is 5.70. The predicted octanol–water partition coefficient (Wildman–Crippen LogP) is 3.66. The number of benzene rings is 1. The average molecular weight is 328 g/mol. The highest BCUT2D eigenvalue weighted by Crippen LogP contribution is 2.40. The van der Waals surface area contributed by atoms with Crippen LogP contribution in [0.2, 0.25) is 0 Å². The number of esters is 1. The average Bonchev–Trinajstić information content (AvgIpc) is 2.44. The van der Waals surface area contributed by atoms with E-state index in [-0.39, 0.29) is 5.75 Å². The van der Waals surface area contributed by atoms with Gasteiger partial charge in [-0.2, -0.15) is 17.6 Å². The molecule has 0 fully saturated rings. The lowest BCUT2D eigenvalue weighted by Gasteiger charge is -2.26. The number of rotatable bonds is 6. The van der Waals surface area contributed by atoms with Gasteiger partial charge >= 0.3 is 24.4 Å². The van der Waals surface area contributed by atoms with E-state index in [1.54, 1.807) is 18.2 Å². The predicted molar refractivity (Wildman–Crippen MR) is 63.1 cm³/mol. The summed E-state index contributed by atoms with van der Waals surface area (Å²) in [7, 11) is 0. The number of ether oxygens (including phenoxy) is 2. The number of hydrogen-bond acceptors (Lipinski definition) is 3. The van der Waals surface area contributed by atoms with Gasteiger partial charge in [-0.3, -0.25) is 0 Å². The highest BCUT2D eigenvalue weighted by atomic mass is 19.4. The lowest BCUT2D eigenvalue weighted by Crippen LogP contribution is -2.51. The largest absolute Gasteiger partial charge is 0.489 e. The van der Waals surface area contributed by atoms with Crippen LogP contribution in [0, 0.1) is 0 Å². The summed E-state index contributed by atoms with van der Waals surface area (Å²) in [6.07, 6.45) is -10.7. The van der Waals surface area contributed by atoms with Gasteiger partial charge in [0.25, 0.3) is 0 Å². The van der Waals surface area contributed by atoms with E-state index in [1.807, 2.05) is 0 Å². The van der Waals surface area contributed by atoms with Crippen molar-refractivity contribution < 1.29 is 40.6 Å². The van der Waals surface area contributed by atoms with Crippen molar-refractivity contribution >= 4 is 5.97 Å². The smallest absolute Gasteiger partial charge is 0.466 e. The summed E-state index contributed by atoms with van der Waals surface area (Å²) in [4.78, 5) is 11.3. The van der Waals surface area contributed by atoms with Gasteiger partial charge in [0.15, 0.2) is 0 Å². The maximum atomic E-state index is 13.2. The molecule has 0 saturated heterocycles. The second-order valence-corrected chi connectivity index (χ2v) is 4.04. The maximum absolute atomic E-state index is 13.2. The van der Waals surface area contributed by atoms with E-state index in [0.717, 1.165) is 0 Å². The molecule has 122 valence electrons. The topological polar surface area (TPSA) is 35.5 Å². The van der Waals surface area contributed by atoms with Crippen LogP contribution in [0.1, 0.15) is 0 Å². The normalized spacial score (nSPS) is 14.3. The Morgan fingerprint density at radius 1 is 1.14 bits per heavy atom. The molecule has 3 nitrogen and oxygen atoms in total. The van der Waals surface area contributed by atoms with Crippen molar-refractivity contribution in [1.82, 2.24) is 0 Å². The van der Waals surface area contributed by atoms with Crippen LogP contribution in [0.25, 0.3) is 0 Å². The summed E-state index contributed by atoms with van der Waals surface area (Å²) >= 11 is 0. The zero-order chi connectivity index (χ0) is 17.0. The molecular formula is C13H10F6O3. The molecular weight excluding hydrogens is 318 g/mol. The number of carbonyl (C=O) groups excluding carboxylic acids is 1. The Hall–Kier alpha value is -2.19. The van der Waals surface area contributed by atoms with Gasteiger partial charge in [0.05, 0.1) is 5.57 Å². The lowest BCUT2D eigenvalue weighted by molar-refractivity contribution is -0.354. The molecule has 0 spiro atoms. The van der Waals surface area contributed by atoms with Crippen molar-refractivity contribution in [2.75, 3.05) is 6.61 Å². The second kappa shape index (κ2) is 6.71. The highest BCUT2D eigenvalue weighted by Gasteiger charge is 2.66. The third-order valence-electron chi connectivity index (χ3n) is 2.35. The van der Waals surface area contributed by atoms with Gasteiger partial charge in [0, 0.05) is 0 Å². The molecule has 9 heteroatoms. The van der Waals surface area contributed by atoms with Crippen molar-refractivity contribution in [3.8, 4) is 5.75 Å². The van der Waals surface area contributed by atoms with Gasteiger partial charge in [0.1, 0.15) is 12.4 Å². The van der Waals surface area contributed by atoms with Crippen molar-refractivity contribution in [1.29, 1.82) is 0 Å². The van der Waals surface area contributed by atoms with Gasteiger partial charge in [-0.15, -0.1) is 0 Å². The Morgan fingerprint density at radius 3 is 2.14 bits per heavy atom. The Morgan fingerprint density at radius 2 is 1.68 bits per heavy atom. The van der Waals surface area contributed by atoms with Crippen molar-refractivity contribution in [2.45, 2.75) is 18.5 Å². The third-order valence-corrected chi connectivity index (χ3v) is 2.35. The molecule has 1 aromatic rings. The Balaban J connectivity index is 2.69. The van der Waals surface area contributed by atoms with Gasteiger partial charge in [-0.25, -0.2) is 13.6 Å². The minimum atomic E-state index is -6.09. The first-order valence-electron chi connectivity index (χ1n) is 5.70.